The first-order valence-corrected chi connectivity index (χ1v) is 25.1. The van der Waals surface area contributed by atoms with Gasteiger partial charge < -0.3 is 75.3 Å². The van der Waals surface area contributed by atoms with Crippen molar-refractivity contribution in [3.8, 4) is 5.75 Å². The molecule has 8 unspecified atom stereocenters. The van der Waals surface area contributed by atoms with E-state index in [0.717, 1.165) is 24.2 Å². The number of carbonyl (C=O) groups excluding carboxylic acids is 12. The number of hydrogen-bond acceptors (Lipinski definition) is 14. The van der Waals surface area contributed by atoms with Crippen LogP contribution < -0.4 is 60.2 Å². The molecule has 0 aliphatic carbocycles. The van der Waals surface area contributed by atoms with Crippen molar-refractivity contribution in [3.63, 3.8) is 0 Å². The lowest BCUT2D eigenvalue weighted by Gasteiger charge is -2.31. The van der Waals surface area contributed by atoms with Gasteiger partial charge in [0.2, 0.25) is 70.9 Å². The van der Waals surface area contributed by atoms with Crippen LogP contribution in [0.5, 0.6) is 5.75 Å². The smallest absolute Gasteiger partial charge is 0.245 e. The monoisotopic (exact) mass is 1050 g/mol. The molecular weight excluding hydrogens is 981 g/mol. The number of nitrogens with two attached hydrogens (primary N) is 4. The Morgan fingerprint density at radius 3 is 1.65 bits per heavy atom. The van der Waals surface area contributed by atoms with E-state index in [1.165, 1.54) is 24.3 Å². The van der Waals surface area contributed by atoms with Gasteiger partial charge in [0.25, 0.3) is 0 Å². The first-order chi connectivity index (χ1) is 35.5. The molecule has 1 aromatic carbocycles. The Hall–Kier alpha value is -7.64. The summed E-state index contributed by atoms with van der Waals surface area (Å²) in [5.74, 6) is -12.1. The number of nitrogens with one attached hydrogen (secondary N) is 7. The van der Waals surface area contributed by atoms with E-state index in [2.05, 4.69) is 57.1 Å². The van der Waals surface area contributed by atoms with E-state index in [1.807, 2.05) is 6.08 Å². The summed E-state index contributed by atoms with van der Waals surface area (Å²) in [5.41, 5.74) is 22.2. The van der Waals surface area contributed by atoms with E-state index in [0.29, 0.717) is 30.7 Å². The third-order valence-corrected chi connectivity index (χ3v) is 12.4. The molecule has 2 saturated heterocycles. The molecule has 3 rings (SSSR count). The summed E-state index contributed by atoms with van der Waals surface area (Å²) >= 11 is 0. The molecule has 17 N–H and O–H groups in total. The topological polar surface area (TPSA) is 437 Å². The van der Waals surface area contributed by atoms with Crippen LogP contribution in [0.3, 0.4) is 0 Å². The summed E-state index contributed by atoms with van der Waals surface area (Å²) in [5, 5.41) is 37.2. The second-order valence-corrected chi connectivity index (χ2v) is 19.2. The van der Waals surface area contributed by atoms with Gasteiger partial charge in [0, 0.05) is 31.8 Å². The van der Waals surface area contributed by atoms with Gasteiger partial charge in [-0.05, 0) is 75.0 Å². The summed E-state index contributed by atoms with van der Waals surface area (Å²) < 4.78 is 0. The zero-order valence-electron chi connectivity index (χ0n) is 42.4. The van der Waals surface area contributed by atoms with Crippen LogP contribution in [0.4, 0.5) is 0 Å². The lowest BCUT2D eigenvalue weighted by atomic mass is 10.0. The highest BCUT2D eigenvalue weighted by atomic mass is 16.3. The fraction of sp³-hybridized carbons (Fsp3) is 0.592. The molecule has 2 aliphatic heterocycles. The van der Waals surface area contributed by atoms with Gasteiger partial charge in [-0.1, -0.05) is 51.0 Å². The number of aromatic hydroxyl groups is 1. The first-order valence-electron chi connectivity index (χ1n) is 25.1. The standard InChI is InChI=1S/C49H74N12O14/c1-27(2)11-8-6-4-3-5-7-9-12-29-22-42(68)55-33(23-39(51)65)44(70)57-32(21-28-14-16-30(63)17-15-28)43(69)58-34(24-40(52)66)45(71)56-31(18-19-38(50)64)49(75)61-20-10-13-37(61)48(74)59-35(25-41(53)67)46(72)60-36(26-62)47(73)54-29/h3-4,14-17,27,29,31-37,62-63H,5-13,18-26H2,1-2H3,(H2,50,64)(H2,51,65)(H2,52,66)(H2,53,67)(H,54,73)(H,55,68)(H,56,71)(H,57,70)(H,58,69)(H,59,74)(H,60,72)/b4-3+. The number of fused-ring (bicyclic) bond motifs is 1. The largest absolute Gasteiger partial charge is 0.508 e. The molecule has 8 atom stereocenters. The van der Waals surface area contributed by atoms with E-state index in [-0.39, 0.29) is 38.0 Å². The van der Waals surface area contributed by atoms with E-state index in [9.17, 15) is 67.7 Å². The molecule has 0 spiro atoms. The normalized spacial score (nSPS) is 24.1. The number of phenols is 1. The lowest BCUT2D eigenvalue weighted by Crippen LogP contribution is -2.60. The van der Waals surface area contributed by atoms with Crippen LogP contribution in [0.1, 0.15) is 116 Å². The quantitative estimate of drug-likeness (QED) is 0.0421. The molecule has 0 saturated carbocycles. The Morgan fingerprint density at radius 2 is 1.11 bits per heavy atom. The number of aliphatic hydroxyl groups is 1. The molecule has 26 nitrogen and oxygen atoms in total. The van der Waals surface area contributed by atoms with Gasteiger partial charge in [0.05, 0.1) is 25.9 Å². The van der Waals surface area contributed by atoms with Crippen LogP contribution in [0, 0.1) is 5.92 Å². The number of allylic oxidation sites excluding steroid dienone is 2. The minimum atomic E-state index is -1.86. The second kappa shape index (κ2) is 31.2. The lowest BCUT2D eigenvalue weighted by molar-refractivity contribution is -0.143. The number of benzene rings is 1. The van der Waals surface area contributed by atoms with E-state index in [1.54, 1.807) is 0 Å². The SMILES string of the molecule is CC(C)CCC/C=C/CCCCC1CC(=O)NC(CC(N)=O)C(=O)NC(Cc2ccc(O)cc2)C(=O)NC(CC(N)=O)C(=O)NC(CCC(N)=O)C(=O)N2CCCC2C(=O)NC(CC(N)=O)C(=O)NC(CO)C(=O)N1. The van der Waals surface area contributed by atoms with Crippen molar-refractivity contribution < 1.29 is 67.7 Å². The molecule has 0 bridgehead atoms. The van der Waals surface area contributed by atoms with E-state index >= 15 is 0 Å². The minimum absolute atomic E-state index is 0.00100. The minimum Gasteiger partial charge on any atom is -0.508 e. The number of hydrogen-bond donors (Lipinski definition) is 13. The van der Waals surface area contributed by atoms with E-state index < -0.39 is 164 Å². The predicted octanol–water partition coefficient (Wildman–Crippen LogP) is -3.45. The zero-order chi connectivity index (χ0) is 55.8. The fourth-order valence-corrected chi connectivity index (χ4v) is 8.44. The molecule has 26 heteroatoms. The average Bonchev–Trinajstić information content (AvgIpc) is 3.83. The van der Waals surface area contributed by atoms with Crippen molar-refractivity contribution in [2.45, 2.75) is 165 Å². The zero-order valence-corrected chi connectivity index (χ0v) is 42.4. The highest BCUT2D eigenvalue weighted by Gasteiger charge is 2.41. The maximum Gasteiger partial charge on any atom is 0.245 e. The summed E-state index contributed by atoms with van der Waals surface area (Å²) in [7, 11) is 0. The number of aliphatic hydroxyl groups excluding tert-OH is 1. The van der Waals surface area contributed by atoms with Crippen molar-refractivity contribution in [3.05, 3.63) is 42.0 Å². The van der Waals surface area contributed by atoms with Crippen molar-refractivity contribution in [1.82, 2.24) is 42.1 Å². The number of nitrogens with zero attached hydrogens (tertiary/aromatic N) is 1. The van der Waals surface area contributed by atoms with Crippen molar-refractivity contribution >= 4 is 70.9 Å². The molecule has 12 amide bonds. The molecule has 0 radical (unpaired) electrons. The van der Waals surface area contributed by atoms with Crippen LogP contribution in [-0.2, 0) is 64.0 Å². The predicted molar refractivity (Wildman–Crippen MR) is 268 cm³/mol. The number of amides is 12. The Morgan fingerprint density at radius 1 is 0.613 bits per heavy atom. The average molecular weight is 1060 g/mol. The Balaban J connectivity index is 2.13. The van der Waals surface area contributed by atoms with Gasteiger partial charge in [-0.25, -0.2) is 0 Å². The van der Waals surface area contributed by atoms with E-state index in [4.69, 9.17) is 22.9 Å². The van der Waals surface area contributed by atoms with Gasteiger partial charge >= 0.3 is 0 Å². The van der Waals surface area contributed by atoms with Crippen molar-refractivity contribution in [2.24, 2.45) is 28.9 Å². The van der Waals surface area contributed by atoms with Gasteiger partial charge in [-0.3, -0.25) is 57.5 Å². The molecule has 0 aromatic heterocycles. The summed E-state index contributed by atoms with van der Waals surface area (Å²) in [6.07, 6.45) is 4.81. The molecule has 75 heavy (non-hydrogen) atoms. The Bertz CT molecular complexity index is 2240. The highest BCUT2D eigenvalue weighted by molar-refractivity contribution is 6.00. The van der Waals surface area contributed by atoms with Gasteiger partial charge in [-0.2, -0.15) is 0 Å². The van der Waals surface area contributed by atoms with Crippen LogP contribution in [0.25, 0.3) is 0 Å². The van der Waals surface area contributed by atoms with Crippen LogP contribution in [-0.4, -0.2) is 147 Å². The Labute approximate surface area is 434 Å². The second-order valence-electron chi connectivity index (χ2n) is 19.2. The van der Waals surface area contributed by atoms with Crippen molar-refractivity contribution in [1.29, 1.82) is 0 Å². The van der Waals surface area contributed by atoms with Crippen molar-refractivity contribution in [2.75, 3.05) is 13.2 Å². The number of carbonyl (C=O) groups is 12. The molecule has 2 heterocycles. The first kappa shape index (κ1) is 61.7. The summed E-state index contributed by atoms with van der Waals surface area (Å²) in [6.45, 7) is 3.17. The molecule has 2 fully saturated rings. The molecule has 1 aromatic rings. The Kier molecular flexibility index (Phi) is 25.6. The number of unbranched alkanes of at least 4 members (excludes halogenated alkanes) is 3. The van der Waals surface area contributed by atoms with Gasteiger partial charge in [0.15, 0.2) is 0 Å². The maximum atomic E-state index is 14.3. The highest BCUT2D eigenvalue weighted by Crippen LogP contribution is 2.21. The summed E-state index contributed by atoms with van der Waals surface area (Å²) in [6, 6.07) is -7.44. The molecule has 2 aliphatic rings. The molecule has 414 valence electrons. The third kappa shape index (κ3) is 22.2. The number of rotatable bonds is 21. The van der Waals surface area contributed by atoms with Gasteiger partial charge in [0.1, 0.15) is 48.0 Å². The third-order valence-electron chi connectivity index (χ3n) is 12.4. The van der Waals surface area contributed by atoms with Crippen LogP contribution >= 0.6 is 0 Å². The maximum absolute atomic E-state index is 14.3. The van der Waals surface area contributed by atoms with Crippen LogP contribution in [0.15, 0.2) is 36.4 Å². The summed E-state index contributed by atoms with van der Waals surface area (Å²) in [4.78, 5) is 162. The molecular formula is C49H74N12O14. The fourth-order valence-electron chi connectivity index (χ4n) is 8.44. The number of primary amides is 4. The van der Waals surface area contributed by atoms with Crippen LogP contribution in [0.2, 0.25) is 0 Å². The number of phenolic OH excluding ortho intramolecular Hbond substituents is 1. The van der Waals surface area contributed by atoms with Gasteiger partial charge in [-0.15, -0.1) is 0 Å².